The fourth-order valence-electron chi connectivity index (χ4n) is 8.33. The summed E-state index contributed by atoms with van der Waals surface area (Å²) in [6, 6.07) is 12.0. The number of carbonyl (C=O) groups excluding carboxylic acids is 2. The lowest BCUT2D eigenvalue weighted by Gasteiger charge is -2.30. The molecule has 11 nitrogen and oxygen atoms in total. The maximum absolute atomic E-state index is 14.2. The van der Waals surface area contributed by atoms with Crippen LogP contribution in [0.15, 0.2) is 42.7 Å². The lowest BCUT2D eigenvalue weighted by atomic mass is 9.81. The van der Waals surface area contributed by atoms with Crippen molar-refractivity contribution in [2.75, 3.05) is 33.4 Å². The Morgan fingerprint density at radius 3 is 2.42 bits per heavy atom. The van der Waals surface area contributed by atoms with Crippen molar-refractivity contribution in [2.24, 2.45) is 0 Å². The first-order valence-electron chi connectivity index (χ1n) is 18.7. The summed E-state index contributed by atoms with van der Waals surface area (Å²) >= 11 is 0. The number of imidazole rings is 1. The summed E-state index contributed by atoms with van der Waals surface area (Å²) in [6.07, 6.45) is 12.8. The van der Waals surface area contributed by atoms with E-state index in [1.54, 1.807) is 27.0 Å². The number of morpholine rings is 1. The summed E-state index contributed by atoms with van der Waals surface area (Å²) in [5.41, 5.74) is 7.73. The molecule has 2 aromatic heterocycles. The second-order valence-electron chi connectivity index (χ2n) is 14.9. The first-order valence-corrected chi connectivity index (χ1v) is 20.2. The van der Waals surface area contributed by atoms with Gasteiger partial charge in [0, 0.05) is 41.2 Å². The molecule has 2 aliphatic carbocycles. The number of ether oxygens (including phenoxy) is 2. The topological polar surface area (TPSA) is 125 Å². The molecule has 0 unspecified atom stereocenters. The molecule has 1 saturated heterocycles. The fraction of sp³-hybridized carbons (Fsp3) is 0.475. The van der Waals surface area contributed by atoms with Gasteiger partial charge in [0.1, 0.15) is 5.75 Å². The van der Waals surface area contributed by atoms with Gasteiger partial charge in [-0.15, -0.1) is 0 Å². The fourth-order valence-corrected chi connectivity index (χ4v) is 8.94. The Bertz CT molecular complexity index is 2180. The van der Waals surface area contributed by atoms with Gasteiger partial charge in [-0.3, -0.25) is 9.59 Å². The normalized spacial score (nSPS) is 18.4. The van der Waals surface area contributed by atoms with Gasteiger partial charge in [-0.05, 0) is 105 Å². The Morgan fingerprint density at radius 1 is 0.962 bits per heavy atom. The average Bonchev–Trinajstić information content (AvgIpc) is 3.64. The van der Waals surface area contributed by atoms with E-state index in [4.69, 9.17) is 14.5 Å². The molecule has 4 aliphatic rings. The zero-order valence-corrected chi connectivity index (χ0v) is 31.0. The number of hydrogen-bond donors (Lipinski definition) is 1. The molecule has 4 heterocycles. The molecule has 12 heteroatoms. The average molecular weight is 726 g/mol. The molecule has 0 spiro atoms. The number of methoxy groups -OCH3 is 1. The van der Waals surface area contributed by atoms with Crippen LogP contribution in [-0.2, 0) is 21.3 Å². The zero-order valence-electron chi connectivity index (χ0n) is 30.2. The maximum Gasteiger partial charge on any atom is 0.274 e. The first kappa shape index (κ1) is 34.7. The predicted molar refractivity (Wildman–Crippen MR) is 201 cm³/mol. The van der Waals surface area contributed by atoms with E-state index in [1.807, 2.05) is 29.4 Å². The van der Waals surface area contributed by atoms with Crippen molar-refractivity contribution in [1.82, 2.24) is 23.7 Å². The number of amides is 2. The van der Waals surface area contributed by atoms with Gasteiger partial charge in [-0.25, -0.2) is 18.1 Å². The van der Waals surface area contributed by atoms with Gasteiger partial charge in [0.05, 0.1) is 49.8 Å². The van der Waals surface area contributed by atoms with Gasteiger partial charge >= 0.3 is 0 Å². The highest BCUT2D eigenvalue weighted by Gasteiger charge is 2.35. The Balaban J connectivity index is 1.36. The van der Waals surface area contributed by atoms with Crippen LogP contribution < -0.4 is 9.46 Å². The van der Waals surface area contributed by atoms with Crippen molar-refractivity contribution >= 4 is 44.4 Å². The number of nitrogens with one attached hydrogen (secondary N) is 1. The summed E-state index contributed by atoms with van der Waals surface area (Å²) < 4.78 is 43.6. The predicted octanol–water partition coefficient (Wildman–Crippen LogP) is 6.78. The third-order valence-corrected chi connectivity index (χ3v) is 13.2. The van der Waals surface area contributed by atoms with E-state index in [0.717, 1.165) is 89.7 Å². The van der Waals surface area contributed by atoms with Gasteiger partial charge in [0.25, 0.3) is 11.8 Å². The van der Waals surface area contributed by atoms with Crippen LogP contribution in [0.5, 0.6) is 5.75 Å². The molecule has 2 amide bonds. The molecule has 3 fully saturated rings. The summed E-state index contributed by atoms with van der Waals surface area (Å²) in [7, 11) is -2.16. The number of allylic oxidation sites excluding steroid dienone is 1. The minimum atomic E-state index is -3.83. The lowest BCUT2D eigenvalue weighted by Crippen LogP contribution is -2.41. The highest BCUT2D eigenvalue weighted by Crippen LogP contribution is 2.48. The van der Waals surface area contributed by atoms with E-state index in [0.29, 0.717) is 44.5 Å². The van der Waals surface area contributed by atoms with E-state index in [9.17, 15) is 18.0 Å². The first-order chi connectivity index (χ1) is 25.1. The highest BCUT2D eigenvalue weighted by molar-refractivity contribution is 7.90. The van der Waals surface area contributed by atoms with Gasteiger partial charge in [-0.1, -0.05) is 25.3 Å². The van der Waals surface area contributed by atoms with Crippen LogP contribution in [0.2, 0.25) is 0 Å². The smallest absolute Gasteiger partial charge is 0.274 e. The minimum absolute atomic E-state index is 0.0989. The molecule has 0 bridgehead atoms. The third kappa shape index (κ3) is 6.13. The highest BCUT2D eigenvalue weighted by atomic mass is 32.2. The molecule has 0 radical (unpaired) electrons. The van der Waals surface area contributed by atoms with Crippen molar-refractivity contribution in [3.63, 3.8) is 0 Å². The quantitative estimate of drug-likeness (QED) is 0.212. The van der Waals surface area contributed by atoms with Gasteiger partial charge in [0.15, 0.2) is 5.69 Å². The molecule has 1 N–H and O–H groups in total. The van der Waals surface area contributed by atoms with Gasteiger partial charge < -0.3 is 23.5 Å². The van der Waals surface area contributed by atoms with Crippen LogP contribution in [0.1, 0.15) is 115 Å². The molecule has 0 atom stereocenters. The Morgan fingerprint density at radius 2 is 1.73 bits per heavy atom. The van der Waals surface area contributed by atoms with Gasteiger partial charge in [-0.2, -0.15) is 0 Å². The molecule has 274 valence electrons. The van der Waals surface area contributed by atoms with Crippen LogP contribution in [0.3, 0.4) is 0 Å². The summed E-state index contributed by atoms with van der Waals surface area (Å²) in [4.78, 5) is 34.4. The molecule has 4 aromatic rings. The van der Waals surface area contributed by atoms with E-state index >= 15 is 0 Å². The van der Waals surface area contributed by atoms with Crippen molar-refractivity contribution < 1.29 is 27.5 Å². The number of carbonyl (C=O) groups is 2. The van der Waals surface area contributed by atoms with E-state index < -0.39 is 21.2 Å². The molecule has 8 rings (SSSR count). The van der Waals surface area contributed by atoms with Crippen LogP contribution >= 0.6 is 0 Å². The van der Waals surface area contributed by atoms with Crippen LogP contribution in [0.25, 0.3) is 33.8 Å². The molecule has 2 aliphatic heterocycles. The summed E-state index contributed by atoms with van der Waals surface area (Å²) in [6.45, 7) is 5.55. The summed E-state index contributed by atoms with van der Waals surface area (Å²) in [5, 5.41) is 0.309. The van der Waals surface area contributed by atoms with Crippen LogP contribution in [0, 0.1) is 0 Å². The molecular formula is C40H47N5O6S. The number of nitrogens with zero attached hydrogens (tertiary/aromatic N) is 4. The molecule has 52 heavy (non-hydrogen) atoms. The molecular weight excluding hydrogens is 679 g/mol. The van der Waals surface area contributed by atoms with Crippen molar-refractivity contribution in [3.05, 3.63) is 70.8 Å². The Kier molecular flexibility index (Phi) is 9.23. The standard InChI is InChI=1S/C40H47N5O6S/c1-25(2)52(48,49)42-39(46)27-12-14-33-34(22-27)44-23-29(37-36(40(47)43-16-18-51-19-17-43)41-24-45(37)30-10-7-11-30)20-28-21-31(50-3)13-15-32(28)38(44)35(33)26-8-5-4-6-9-26/h12-15,20-22,24-26,30H,4-11,16-19,23H2,1-3H3,(H,42,46). The monoisotopic (exact) mass is 725 g/mol. The van der Waals surface area contributed by atoms with Crippen molar-refractivity contribution in [2.45, 2.75) is 89.0 Å². The van der Waals surface area contributed by atoms with Gasteiger partial charge in [0.2, 0.25) is 10.0 Å². The van der Waals surface area contributed by atoms with E-state index in [2.05, 4.69) is 32.1 Å². The lowest BCUT2D eigenvalue weighted by molar-refractivity contribution is 0.0299. The largest absolute Gasteiger partial charge is 0.497 e. The second kappa shape index (κ2) is 13.9. The number of rotatable bonds is 8. The van der Waals surface area contributed by atoms with Crippen molar-refractivity contribution in [1.29, 1.82) is 0 Å². The van der Waals surface area contributed by atoms with Crippen LogP contribution in [-0.4, -0.2) is 77.9 Å². The van der Waals surface area contributed by atoms with E-state index in [1.165, 1.54) is 12.0 Å². The SMILES string of the molecule is COc1ccc2c(c1)C=C(c1c(C(=O)N3CCOCC3)ncn1C1CCC1)Cn1c-2c(C2CCCCC2)c2ccc(C(=O)NS(=O)(=O)C(C)C)cc21. The van der Waals surface area contributed by atoms with E-state index in [-0.39, 0.29) is 17.5 Å². The minimum Gasteiger partial charge on any atom is -0.497 e. The second-order valence-corrected chi connectivity index (χ2v) is 17.1. The Labute approximate surface area is 305 Å². The molecule has 2 aromatic carbocycles. The molecule has 2 saturated carbocycles. The number of sulfonamides is 1. The summed E-state index contributed by atoms with van der Waals surface area (Å²) in [5.74, 6) is 0.309. The number of aromatic nitrogens is 3. The third-order valence-electron chi connectivity index (χ3n) is 11.5. The maximum atomic E-state index is 14.2. The Hall–Kier alpha value is -4.42. The number of hydrogen-bond acceptors (Lipinski definition) is 7. The van der Waals surface area contributed by atoms with Crippen molar-refractivity contribution in [3.8, 4) is 17.0 Å². The van der Waals surface area contributed by atoms with Crippen LogP contribution in [0.4, 0.5) is 0 Å². The number of fused-ring (bicyclic) bond motifs is 5. The number of benzene rings is 2. The zero-order chi connectivity index (χ0) is 36.1.